The fraction of sp³-hybridized carbons (Fsp3) is 0.520. The summed E-state index contributed by atoms with van der Waals surface area (Å²) >= 11 is 0. The highest BCUT2D eigenvalue weighted by Crippen LogP contribution is 2.35. The highest BCUT2D eigenvalue weighted by Gasteiger charge is 2.34. The average Bonchev–Trinajstić information content (AvgIpc) is 2.84. The van der Waals surface area contributed by atoms with Gasteiger partial charge in [-0.25, -0.2) is 8.42 Å². The van der Waals surface area contributed by atoms with Crippen LogP contribution in [-0.2, 0) is 14.8 Å². The Morgan fingerprint density at radius 3 is 2.47 bits per heavy atom. The fourth-order valence-corrected chi connectivity index (χ4v) is 6.66. The molecule has 0 radical (unpaired) electrons. The second-order valence-corrected chi connectivity index (χ2v) is 10.9. The smallest absolute Gasteiger partial charge is 0.243 e. The van der Waals surface area contributed by atoms with E-state index in [1.807, 2.05) is 12.1 Å². The lowest BCUT2D eigenvalue weighted by molar-refractivity contribution is -0.116. The molecule has 2 aliphatic rings. The van der Waals surface area contributed by atoms with Crippen LogP contribution in [0.5, 0.6) is 0 Å². The van der Waals surface area contributed by atoms with Crippen LogP contribution in [0, 0.1) is 5.92 Å². The Hall–Kier alpha value is -2.25. The number of anilines is 1. The molecule has 1 aromatic heterocycles. The zero-order chi connectivity index (χ0) is 22.4. The number of nitrogens with one attached hydrogen (secondary N) is 1. The van der Waals surface area contributed by atoms with Crippen molar-refractivity contribution in [2.45, 2.75) is 75.1 Å². The molecule has 1 N–H and O–H groups in total. The maximum absolute atomic E-state index is 13.4. The molecule has 1 aromatic carbocycles. The Morgan fingerprint density at radius 2 is 1.75 bits per heavy atom. The van der Waals surface area contributed by atoms with Gasteiger partial charge in [0.25, 0.3) is 0 Å². The lowest BCUT2D eigenvalue weighted by atomic mass is 9.86. The molecular weight excluding hydrogens is 422 g/mol. The van der Waals surface area contributed by atoms with Crippen molar-refractivity contribution in [2.75, 3.05) is 11.9 Å². The van der Waals surface area contributed by atoms with Crippen LogP contribution in [0.3, 0.4) is 0 Å². The van der Waals surface area contributed by atoms with Crippen LogP contribution in [0.4, 0.5) is 5.69 Å². The standard InChI is InChI=1S/C25H33N3O3S/c29-25(16-11-20-7-2-1-3-8-20)27-22-12-14-23(15-13-22)32(30,31)28-18-5-4-10-24(28)21-9-6-17-26-19-21/h6,9,12-15,17,19-20,24H,1-5,7-8,10-11,16,18H2,(H,27,29)/t24-/m0/s1. The molecule has 32 heavy (non-hydrogen) atoms. The first-order valence-corrected chi connectivity index (χ1v) is 13.3. The highest BCUT2D eigenvalue weighted by atomic mass is 32.2. The summed E-state index contributed by atoms with van der Waals surface area (Å²) in [5.74, 6) is 0.665. The number of aromatic nitrogens is 1. The topological polar surface area (TPSA) is 79.4 Å². The molecule has 1 amide bonds. The van der Waals surface area contributed by atoms with Gasteiger partial charge in [-0.3, -0.25) is 9.78 Å². The predicted molar refractivity (Wildman–Crippen MR) is 126 cm³/mol. The van der Waals surface area contributed by atoms with E-state index in [0.717, 1.165) is 31.2 Å². The Balaban J connectivity index is 1.40. The average molecular weight is 456 g/mol. The minimum atomic E-state index is -3.64. The number of carbonyl (C=O) groups is 1. The zero-order valence-corrected chi connectivity index (χ0v) is 19.4. The van der Waals surface area contributed by atoms with Crippen molar-refractivity contribution >= 4 is 21.6 Å². The van der Waals surface area contributed by atoms with Crippen molar-refractivity contribution in [3.05, 3.63) is 54.4 Å². The van der Waals surface area contributed by atoms with Crippen LogP contribution < -0.4 is 5.32 Å². The molecule has 1 saturated carbocycles. The van der Waals surface area contributed by atoms with Gasteiger partial charge in [0.05, 0.1) is 10.9 Å². The number of hydrogen-bond acceptors (Lipinski definition) is 4. The van der Waals surface area contributed by atoms with Crippen LogP contribution in [-0.4, -0.2) is 30.2 Å². The first-order chi connectivity index (χ1) is 15.5. The molecule has 7 heteroatoms. The second-order valence-electron chi connectivity index (χ2n) is 9.03. The lowest BCUT2D eigenvalue weighted by Crippen LogP contribution is -2.38. The van der Waals surface area contributed by atoms with E-state index < -0.39 is 10.0 Å². The van der Waals surface area contributed by atoms with Crippen molar-refractivity contribution in [3.63, 3.8) is 0 Å². The van der Waals surface area contributed by atoms with E-state index in [4.69, 9.17) is 0 Å². The molecule has 0 unspecified atom stereocenters. The third kappa shape index (κ3) is 5.56. The first kappa shape index (κ1) is 22.9. The van der Waals surface area contributed by atoms with Crippen molar-refractivity contribution in [1.82, 2.24) is 9.29 Å². The monoisotopic (exact) mass is 455 g/mol. The molecule has 6 nitrogen and oxygen atoms in total. The van der Waals surface area contributed by atoms with E-state index in [9.17, 15) is 13.2 Å². The van der Waals surface area contributed by atoms with E-state index in [2.05, 4.69) is 10.3 Å². The zero-order valence-electron chi connectivity index (χ0n) is 18.6. The fourth-order valence-electron chi connectivity index (χ4n) is 4.98. The Labute approximate surface area is 191 Å². The van der Waals surface area contributed by atoms with Gasteiger partial charge < -0.3 is 5.32 Å². The van der Waals surface area contributed by atoms with Gasteiger partial charge in [-0.2, -0.15) is 4.31 Å². The number of pyridine rings is 1. The van der Waals surface area contributed by atoms with Crippen molar-refractivity contribution in [2.24, 2.45) is 5.92 Å². The minimum absolute atomic E-state index is 0.00106. The van der Waals surface area contributed by atoms with E-state index in [1.54, 1.807) is 41.0 Å². The van der Waals surface area contributed by atoms with E-state index in [0.29, 0.717) is 24.6 Å². The molecule has 2 heterocycles. The van der Waals surface area contributed by atoms with Gasteiger partial charge in [0.2, 0.25) is 15.9 Å². The van der Waals surface area contributed by atoms with E-state index >= 15 is 0 Å². The number of hydrogen-bond donors (Lipinski definition) is 1. The number of amides is 1. The molecule has 0 spiro atoms. The Kier molecular flexibility index (Phi) is 7.58. The summed E-state index contributed by atoms with van der Waals surface area (Å²) < 4.78 is 28.4. The lowest BCUT2D eigenvalue weighted by Gasteiger charge is -2.34. The largest absolute Gasteiger partial charge is 0.326 e. The third-order valence-electron chi connectivity index (χ3n) is 6.77. The third-order valence-corrected chi connectivity index (χ3v) is 8.69. The van der Waals surface area contributed by atoms with Crippen LogP contribution in [0.15, 0.2) is 53.7 Å². The summed E-state index contributed by atoms with van der Waals surface area (Å²) in [6.07, 6.45) is 13.9. The van der Waals surface area contributed by atoms with Crippen molar-refractivity contribution in [3.8, 4) is 0 Å². The SMILES string of the molecule is O=C(CCC1CCCCC1)Nc1ccc(S(=O)(=O)N2CCCC[C@H]2c2cccnc2)cc1. The number of carbonyl (C=O) groups excluding carboxylic acids is 1. The van der Waals surface area contributed by atoms with Gasteiger partial charge >= 0.3 is 0 Å². The minimum Gasteiger partial charge on any atom is -0.326 e. The maximum atomic E-state index is 13.4. The highest BCUT2D eigenvalue weighted by molar-refractivity contribution is 7.89. The van der Waals surface area contributed by atoms with Gasteiger partial charge in [-0.05, 0) is 61.1 Å². The summed E-state index contributed by atoms with van der Waals surface area (Å²) in [6, 6.07) is 10.2. The maximum Gasteiger partial charge on any atom is 0.243 e. The molecule has 1 aliphatic carbocycles. The van der Waals surface area contributed by atoms with Crippen LogP contribution in [0.25, 0.3) is 0 Å². The van der Waals surface area contributed by atoms with Crippen LogP contribution in [0.2, 0.25) is 0 Å². The molecule has 1 saturated heterocycles. The van der Waals surface area contributed by atoms with Crippen molar-refractivity contribution in [1.29, 1.82) is 0 Å². The van der Waals surface area contributed by atoms with Crippen LogP contribution >= 0.6 is 0 Å². The molecule has 1 atom stereocenters. The van der Waals surface area contributed by atoms with Crippen molar-refractivity contribution < 1.29 is 13.2 Å². The molecule has 4 rings (SSSR count). The van der Waals surface area contributed by atoms with Gasteiger partial charge in [0.1, 0.15) is 0 Å². The predicted octanol–water partition coefficient (Wildman–Crippen LogP) is 5.30. The first-order valence-electron chi connectivity index (χ1n) is 11.9. The summed E-state index contributed by atoms with van der Waals surface area (Å²) in [7, 11) is -3.64. The van der Waals surface area contributed by atoms with Gasteiger partial charge in [-0.1, -0.05) is 44.6 Å². The number of nitrogens with zero attached hydrogens (tertiary/aromatic N) is 2. The van der Waals surface area contributed by atoms with Gasteiger partial charge in [-0.15, -0.1) is 0 Å². The molecule has 0 bridgehead atoms. The Bertz CT molecular complexity index is 987. The molecule has 2 fully saturated rings. The number of sulfonamides is 1. The number of rotatable bonds is 7. The quantitative estimate of drug-likeness (QED) is 0.615. The normalized spacial score (nSPS) is 20.7. The van der Waals surface area contributed by atoms with E-state index in [-0.39, 0.29) is 16.8 Å². The molecule has 172 valence electrons. The molecular formula is C25H33N3O3S. The summed E-state index contributed by atoms with van der Waals surface area (Å²) in [6.45, 7) is 0.502. The Morgan fingerprint density at radius 1 is 1.00 bits per heavy atom. The summed E-state index contributed by atoms with van der Waals surface area (Å²) in [4.78, 5) is 16.8. The van der Waals surface area contributed by atoms with Gasteiger partial charge in [0, 0.05) is 31.0 Å². The summed E-state index contributed by atoms with van der Waals surface area (Å²) in [5.41, 5.74) is 1.57. The molecule has 2 aromatic rings. The van der Waals surface area contributed by atoms with Crippen LogP contribution in [0.1, 0.15) is 75.8 Å². The summed E-state index contributed by atoms with van der Waals surface area (Å²) in [5, 5.41) is 2.92. The van der Waals surface area contributed by atoms with Gasteiger partial charge in [0.15, 0.2) is 0 Å². The number of piperidine rings is 1. The van der Waals surface area contributed by atoms with E-state index in [1.165, 1.54) is 32.1 Å². The molecule has 1 aliphatic heterocycles. The number of benzene rings is 1. The second kappa shape index (κ2) is 10.6.